The number of carbonyl (C=O) groups is 1. The Morgan fingerprint density at radius 1 is 1.33 bits per heavy atom. The van der Waals surface area contributed by atoms with Crippen molar-refractivity contribution >= 4 is 22.9 Å². The van der Waals surface area contributed by atoms with E-state index in [9.17, 15) is 4.79 Å². The summed E-state index contributed by atoms with van der Waals surface area (Å²) >= 11 is 1.57. The summed E-state index contributed by atoms with van der Waals surface area (Å²) in [6, 6.07) is 5.86. The van der Waals surface area contributed by atoms with Crippen molar-refractivity contribution in [2.75, 3.05) is 18.4 Å². The number of benzene rings is 1. The predicted molar refractivity (Wildman–Crippen MR) is 88.1 cm³/mol. The Labute approximate surface area is 129 Å². The summed E-state index contributed by atoms with van der Waals surface area (Å²) in [5.74, 6) is -0.0381. The van der Waals surface area contributed by atoms with Crippen molar-refractivity contribution in [1.82, 2.24) is 10.3 Å². The van der Waals surface area contributed by atoms with Crippen LogP contribution in [0.3, 0.4) is 0 Å². The highest BCUT2D eigenvalue weighted by atomic mass is 32.1. The van der Waals surface area contributed by atoms with E-state index < -0.39 is 0 Å². The van der Waals surface area contributed by atoms with Crippen LogP contribution in [-0.2, 0) is 6.42 Å². The highest BCUT2D eigenvalue weighted by molar-refractivity contribution is 7.07. The molecule has 0 radical (unpaired) electrons. The number of rotatable bonds is 7. The summed E-state index contributed by atoms with van der Waals surface area (Å²) in [6.45, 7) is 5.60. The Balaban J connectivity index is 1.97. The second kappa shape index (κ2) is 7.78. The third-order valence-electron chi connectivity index (χ3n) is 3.14. The molecule has 0 aliphatic rings. The molecular weight excluding hydrogens is 282 g/mol. The molecule has 2 aromatic rings. The maximum Gasteiger partial charge on any atom is 0.253 e. The van der Waals surface area contributed by atoms with Crippen molar-refractivity contribution in [3.05, 3.63) is 45.9 Å². The Morgan fingerprint density at radius 2 is 2.19 bits per heavy atom. The first-order valence-electron chi connectivity index (χ1n) is 7.20. The van der Waals surface area contributed by atoms with E-state index in [4.69, 9.17) is 0 Å². The van der Waals surface area contributed by atoms with Gasteiger partial charge in [0.25, 0.3) is 5.91 Å². The van der Waals surface area contributed by atoms with Gasteiger partial charge in [-0.3, -0.25) is 4.79 Å². The van der Waals surface area contributed by atoms with E-state index >= 15 is 0 Å². The summed E-state index contributed by atoms with van der Waals surface area (Å²) < 4.78 is 0. The number of aryl methyl sites for hydroxylation is 1. The Hall–Kier alpha value is -1.88. The zero-order valence-electron chi connectivity index (χ0n) is 12.5. The molecule has 1 heterocycles. The maximum absolute atomic E-state index is 12.3. The predicted octanol–water partition coefficient (Wildman–Crippen LogP) is 3.25. The van der Waals surface area contributed by atoms with E-state index in [1.807, 2.05) is 36.0 Å². The third-order valence-corrected chi connectivity index (χ3v) is 3.77. The van der Waals surface area contributed by atoms with Crippen LogP contribution in [0.5, 0.6) is 0 Å². The molecule has 0 aliphatic heterocycles. The van der Waals surface area contributed by atoms with Crippen molar-refractivity contribution in [3.8, 4) is 0 Å². The molecule has 0 spiro atoms. The van der Waals surface area contributed by atoms with Crippen LogP contribution < -0.4 is 10.6 Å². The first-order valence-corrected chi connectivity index (χ1v) is 8.14. The van der Waals surface area contributed by atoms with Gasteiger partial charge in [-0.25, -0.2) is 4.98 Å². The molecule has 0 fully saturated rings. The van der Waals surface area contributed by atoms with E-state index in [1.165, 1.54) is 0 Å². The zero-order chi connectivity index (χ0) is 15.1. The topological polar surface area (TPSA) is 54.0 Å². The van der Waals surface area contributed by atoms with Gasteiger partial charge in [0.15, 0.2) is 0 Å². The van der Waals surface area contributed by atoms with Crippen molar-refractivity contribution < 1.29 is 4.79 Å². The van der Waals surface area contributed by atoms with Crippen LogP contribution >= 0.6 is 11.3 Å². The molecule has 5 heteroatoms. The van der Waals surface area contributed by atoms with Crippen molar-refractivity contribution in [2.24, 2.45) is 0 Å². The molecule has 112 valence electrons. The van der Waals surface area contributed by atoms with E-state index in [2.05, 4.69) is 22.5 Å². The van der Waals surface area contributed by atoms with E-state index in [0.29, 0.717) is 12.1 Å². The molecule has 0 unspecified atom stereocenters. The lowest BCUT2D eigenvalue weighted by atomic mass is 10.1. The van der Waals surface area contributed by atoms with Gasteiger partial charge >= 0.3 is 0 Å². The molecule has 0 saturated heterocycles. The highest BCUT2D eigenvalue weighted by Gasteiger charge is 2.11. The van der Waals surface area contributed by atoms with Gasteiger partial charge < -0.3 is 10.6 Å². The van der Waals surface area contributed by atoms with Crippen LogP contribution in [0.25, 0.3) is 0 Å². The van der Waals surface area contributed by atoms with Crippen LogP contribution in [0.4, 0.5) is 5.69 Å². The van der Waals surface area contributed by atoms with Gasteiger partial charge in [-0.05, 0) is 31.0 Å². The molecule has 0 aliphatic carbocycles. The van der Waals surface area contributed by atoms with Gasteiger partial charge in [-0.1, -0.05) is 13.0 Å². The first-order chi connectivity index (χ1) is 10.2. The van der Waals surface area contributed by atoms with Crippen molar-refractivity contribution in [2.45, 2.75) is 26.7 Å². The number of hydrogen-bond acceptors (Lipinski definition) is 4. The molecule has 2 N–H and O–H groups in total. The number of anilines is 1. The molecular formula is C16H21N3OS. The molecule has 0 saturated carbocycles. The number of nitrogens with zero attached hydrogens (tertiary/aromatic N) is 1. The van der Waals surface area contributed by atoms with Gasteiger partial charge in [0.05, 0.1) is 16.8 Å². The monoisotopic (exact) mass is 303 g/mol. The van der Waals surface area contributed by atoms with Gasteiger partial charge in [-0.15, -0.1) is 11.3 Å². The van der Waals surface area contributed by atoms with E-state index in [0.717, 1.165) is 36.3 Å². The standard InChI is InChI=1S/C16H21N3OS/c1-3-7-17-15-9-12(2)4-5-14(15)16(20)18-8-6-13-10-21-11-19-13/h4-5,9-11,17H,3,6-8H2,1-2H3,(H,18,20). The minimum absolute atomic E-state index is 0.0381. The van der Waals surface area contributed by atoms with Crippen LogP contribution in [0.15, 0.2) is 29.1 Å². The van der Waals surface area contributed by atoms with Gasteiger partial charge in [-0.2, -0.15) is 0 Å². The molecule has 21 heavy (non-hydrogen) atoms. The minimum Gasteiger partial charge on any atom is -0.384 e. The van der Waals surface area contributed by atoms with Crippen molar-refractivity contribution in [1.29, 1.82) is 0 Å². The summed E-state index contributed by atoms with van der Waals surface area (Å²) in [5, 5.41) is 8.28. The molecule has 1 amide bonds. The van der Waals surface area contributed by atoms with E-state index in [-0.39, 0.29) is 5.91 Å². The normalized spacial score (nSPS) is 10.4. The summed E-state index contributed by atoms with van der Waals surface area (Å²) in [4.78, 5) is 16.5. The fourth-order valence-electron chi connectivity index (χ4n) is 2.02. The molecule has 1 aromatic heterocycles. The van der Waals surface area contributed by atoms with Crippen LogP contribution in [-0.4, -0.2) is 24.0 Å². The SMILES string of the molecule is CCCNc1cc(C)ccc1C(=O)NCCc1cscn1. The smallest absolute Gasteiger partial charge is 0.253 e. The Bertz CT molecular complexity index is 581. The average molecular weight is 303 g/mol. The molecule has 4 nitrogen and oxygen atoms in total. The zero-order valence-corrected chi connectivity index (χ0v) is 13.3. The first kappa shape index (κ1) is 15.5. The lowest BCUT2D eigenvalue weighted by molar-refractivity contribution is 0.0955. The van der Waals surface area contributed by atoms with Gasteiger partial charge in [0.1, 0.15) is 0 Å². The molecule has 0 bridgehead atoms. The largest absolute Gasteiger partial charge is 0.384 e. The van der Waals surface area contributed by atoms with Crippen LogP contribution in [0.2, 0.25) is 0 Å². The number of aromatic nitrogens is 1. The summed E-state index contributed by atoms with van der Waals surface area (Å²) in [7, 11) is 0. The maximum atomic E-state index is 12.3. The third kappa shape index (κ3) is 4.56. The Kier molecular flexibility index (Phi) is 5.75. The quantitative estimate of drug-likeness (QED) is 0.825. The number of thiazole rings is 1. The molecule has 1 aromatic carbocycles. The van der Waals surface area contributed by atoms with Gasteiger partial charge in [0, 0.05) is 30.6 Å². The molecule has 0 atom stereocenters. The van der Waals surface area contributed by atoms with Crippen LogP contribution in [0.1, 0.15) is 35.0 Å². The lowest BCUT2D eigenvalue weighted by Crippen LogP contribution is -2.26. The summed E-state index contributed by atoms with van der Waals surface area (Å²) in [6.07, 6.45) is 1.79. The average Bonchev–Trinajstić information content (AvgIpc) is 2.98. The lowest BCUT2D eigenvalue weighted by Gasteiger charge is -2.12. The fraction of sp³-hybridized carbons (Fsp3) is 0.375. The van der Waals surface area contributed by atoms with Gasteiger partial charge in [0.2, 0.25) is 0 Å². The van der Waals surface area contributed by atoms with Crippen molar-refractivity contribution in [3.63, 3.8) is 0 Å². The number of carbonyl (C=O) groups excluding carboxylic acids is 1. The highest BCUT2D eigenvalue weighted by Crippen LogP contribution is 2.17. The number of amides is 1. The van der Waals surface area contributed by atoms with Crippen LogP contribution in [0, 0.1) is 6.92 Å². The second-order valence-electron chi connectivity index (χ2n) is 4.96. The number of hydrogen-bond donors (Lipinski definition) is 2. The summed E-state index contributed by atoms with van der Waals surface area (Å²) in [5.41, 5.74) is 5.58. The second-order valence-corrected chi connectivity index (χ2v) is 5.68. The molecule has 2 rings (SSSR count). The Morgan fingerprint density at radius 3 is 2.90 bits per heavy atom. The number of nitrogens with one attached hydrogen (secondary N) is 2. The minimum atomic E-state index is -0.0381. The van der Waals surface area contributed by atoms with E-state index in [1.54, 1.807) is 11.3 Å². The fourth-order valence-corrected chi connectivity index (χ4v) is 2.62.